The lowest BCUT2D eigenvalue weighted by Crippen LogP contribution is -2.42. The summed E-state index contributed by atoms with van der Waals surface area (Å²) < 4.78 is 7.29. The van der Waals surface area contributed by atoms with Gasteiger partial charge in [0.15, 0.2) is 0 Å². The summed E-state index contributed by atoms with van der Waals surface area (Å²) in [7, 11) is 3.61. The number of amides is 2. The Morgan fingerprint density at radius 3 is 2.69 bits per heavy atom. The molecule has 2 aromatic rings. The minimum Gasteiger partial charge on any atom is -0.497 e. The number of carbonyl (C=O) groups is 2. The van der Waals surface area contributed by atoms with Crippen molar-refractivity contribution in [3.63, 3.8) is 0 Å². The highest BCUT2D eigenvalue weighted by Crippen LogP contribution is 2.40. The number of rotatable bonds is 7. The molecular formula is C25H32N4O3. The number of anilines is 1. The van der Waals surface area contributed by atoms with E-state index in [0.29, 0.717) is 24.8 Å². The van der Waals surface area contributed by atoms with E-state index in [1.165, 1.54) is 18.5 Å². The van der Waals surface area contributed by atoms with Crippen molar-refractivity contribution in [3.05, 3.63) is 41.7 Å². The third-order valence-electron chi connectivity index (χ3n) is 7.18. The summed E-state index contributed by atoms with van der Waals surface area (Å²) in [5.74, 6) is 1.10. The molecule has 1 aliphatic heterocycles. The highest BCUT2D eigenvalue weighted by Gasteiger charge is 2.40. The number of hydrogen-bond donors (Lipinski definition) is 0. The Bertz CT molecular complexity index is 1010. The van der Waals surface area contributed by atoms with Gasteiger partial charge in [0.1, 0.15) is 5.75 Å². The van der Waals surface area contributed by atoms with E-state index in [2.05, 4.69) is 6.07 Å². The highest BCUT2D eigenvalue weighted by molar-refractivity contribution is 6.00. The minimum atomic E-state index is -0.319. The Morgan fingerprint density at radius 2 is 1.97 bits per heavy atom. The molecule has 0 unspecified atom stereocenters. The van der Waals surface area contributed by atoms with Gasteiger partial charge >= 0.3 is 0 Å². The molecule has 5 rings (SSSR count). The lowest BCUT2D eigenvalue weighted by Gasteiger charge is -2.30. The maximum absolute atomic E-state index is 13.7. The van der Waals surface area contributed by atoms with Gasteiger partial charge in [0.2, 0.25) is 11.8 Å². The van der Waals surface area contributed by atoms with Crippen LogP contribution in [0.5, 0.6) is 5.75 Å². The molecule has 0 radical (unpaired) electrons. The van der Waals surface area contributed by atoms with Crippen LogP contribution in [0.2, 0.25) is 0 Å². The maximum atomic E-state index is 13.7. The molecule has 3 aliphatic rings. The normalized spacial score (nSPS) is 21.4. The zero-order valence-electron chi connectivity index (χ0n) is 19.0. The number of ether oxygens (including phenoxy) is 1. The van der Waals surface area contributed by atoms with E-state index in [-0.39, 0.29) is 30.2 Å². The van der Waals surface area contributed by atoms with E-state index < -0.39 is 0 Å². The molecular weight excluding hydrogens is 404 g/mol. The first-order chi connectivity index (χ1) is 15.5. The summed E-state index contributed by atoms with van der Waals surface area (Å²) in [6, 6.07) is 9.91. The molecule has 0 spiro atoms. The molecule has 0 bridgehead atoms. The van der Waals surface area contributed by atoms with Crippen molar-refractivity contribution < 1.29 is 14.3 Å². The standard InChI is InChI=1S/C25H32N4O3/c1-27-23(17-10-11-17)13-19(26-27)16-29(20-6-3-4-7-20)25(31)18-12-24(30)28(15-18)21-8-5-9-22(14-21)32-2/h5,8-9,13-14,17-18,20H,3-4,6-7,10-12,15-16H2,1-2H3/t18-/m1/s1. The minimum absolute atomic E-state index is 0.00293. The van der Waals surface area contributed by atoms with Gasteiger partial charge in [-0.3, -0.25) is 14.3 Å². The van der Waals surface area contributed by atoms with Crippen molar-refractivity contribution in [2.75, 3.05) is 18.6 Å². The quantitative estimate of drug-likeness (QED) is 0.665. The van der Waals surface area contributed by atoms with Crippen LogP contribution in [-0.2, 0) is 23.2 Å². The molecule has 1 aromatic heterocycles. The van der Waals surface area contributed by atoms with E-state index in [9.17, 15) is 9.59 Å². The van der Waals surface area contributed by atoms with Crippen molar-refractivity contribution in [1.82, 2.24) is 14.7 Å². The second-order valence-corrected chi connectivity index (χ2v) is 9.47. The van der Waals surface area contributed by atoms with E-state index in [0.717, 1.165) is 37.1 Å². The van der Waals surface area contributed by atoms with E-state index in [4.69, 9.17) is 9.84 Å². The molecule has 2 heterocycles. The highest BCUT2D eigenvalue weighted by atomic mass is 16.5. The van der Waals surface area contributed by atoms with Crippen molar-refractivity contribution in [1.29, 1.82) is 0 Å². The number of benzene rings is 1. The van der Waals surface area contributed by atoms with Crippen LogP contribution in [-0.4, -0.2) is 46.2 Å². The summed E-state index contributed by atoms with van der Waals surface area (Å²) >= 11 is 0. The summed E-state index contributed by atoms with van der Waals surface area (Å²) in [4.78, 5) is 30.3. The Morgan fingerprint density at radius 1 is 1.19 bits per heavy atom. The Kier molecular flexibility index (Phi) is 5.66. The van der Waals surface area contributed by atoms with Gasteiger partial charge in [0, 0.05) is 49.4 Å². The lowest BCUT2D eigenvalue weighted by atomic mass is 10.0. The number of methoxy groups -OCH3 is 1. The van der Waals surface area contributed by atoms with Crippen LogP contribution in [0.3, 0.4) is 0 Å². The zero-order valence-corrected chi connectivity index (χ0v) is 19.0. The Hall–Kier alpha value is -2.83. The first-order valence-corrected chi connectivity index (χ1v) is 11.8. The van der Waals surface area contributed by atoms with Gasteiger partial charge in [-0.1, -0.05) is 18.9 Å². The number of carbonyl (C=O) groups excluding carboxylic acids is 2. The van der Waals surface area contributed by atoms with Gasteiger partial charge in [-0.15, -0.1) is 0 Å². The molecule has 7 nitrogen and oxygen atoms in total. The summed E-state index contributed by atoms with van der Waals surface area (Å²) in [6.45, 7) is 0.956. The van der Waals surface area contributed by atoms with Crippen molar-refractivity contribution in [3.8, 4) is 5.75 Å². The van der Waals surface area contributed by atoms with Gasteiger partial charge in [-0.05, 0) is 43.9 Å². The topological polar surface area (TPSA) is 67.7 Å². The summed E-state index contributed by atoms with van der Waals surface area (Å²) in [6.07, 6.45) is 7.10. The average molecular weight is 437 g/mol. The van der Waals surface area contributed by atoms with Crippen LogP contribution >= 0.6 is 0 Å². The van der Waals surface area contributed by atoms with Crippen molar-refractivity contribution in [2.24, 2.45) is 13.0 Å². The first kappa shape index (κ1) is 21.0. The smallest absolute Gasteiger partial charge is 0.228 e. The van der Waals surface area contributed by atoms with Gasteiger partial charge < -0.3 is 14.5 Å². The molecule has 170 valence electrons. The van der Waals surface area contributed by atoms with Crippen molar-refractivity contribution in [2.45, 2.75) is 63.5 Å². The zero-order chi connectivity index (χ0) is 22.2. The molecule has 1 saturated heterocycles. The van der Waals surface area contributed by atoms with Gasteiger partial charge in [-0.25, -0.2) is 0 Å². The second-order valence-electron chi connectivity index (χ2n) is 9.47. The predicted octanol–water partition coefficient (Wildman–Crippen LogP) is 3.63. The lowest BCUT2D eigenvalue weighted by molar-refractivity contribution is -0.138. The van der Waals surface area contributed by atoms with E-state index >= 15 is 0 Å². The Labute approximate surface area is 189 Å². The number of aromatic nitrogens is 2. The molecule has 0 N–H and O–H groups in total. The SMILES string of the molecule is COc1cccc(N2C[C@H](C(=O)N(Cc3cc(C4CC4)n(C)n3)C3CCCC3)CC2=O)c1. The van der Waals surface area contributed by atoms with Crippen LogP contribution in [0.15, 0.2) is 30.3 Å². The average Bonchev–Trinajstić information content (AvgIpc) is 3.18. The largest absolute Gasteiger partial charge is 0.497 e. The molecule has 2 amide bonds. The fourth-order valence-corrected chi connectivity index (χ4v) is 5.29. The van der Waals surface area contributed by atoms with E-state index in [1.54, 1.807) is 12.0 Å². The van der Waals surface area contributed by atoms with Crippen LogP contribution in [0.1, 0.15) is 62.3 Å². The summed E-state index contributed by atoms with van der Waals surface area (Å²) in [5, 5.41) is 4.72. The molecule has 3 fully saturated rings. The van der Waals surface area contributed by atoms with Crippen LogP contribution in [0.4, 0.5) is 5.69 Å². The fourth-order valence-electron chi connectivity index (χ4n) is 5.29. The molecule has 1 aromatic carbocycles. The predicted molar refractivity (Wildman–Crippen MR) is 121 cm³/mol. The maximum Gasteiger partial charge on any atom is 0.228 e. The third kappa shape index (κ3) is 4.12. The number of aryl methyl sites for hydroxylation is 1. The molecule has 1 atom stereocenters. The van der Waals surface area contributed by atoms with Crippen LogP contribution in [0, 0.1) is 5.92 Å². The second kappa shape index (κ2) is 8.60. The Balaban J connectivity index is 1.34. The van der Waals surface area contributed by atoms with Gasteiger partial charge in [0.25, 0.3) is 0 Å². The first-order valence-electron chi connectivity index (χ1n) is 11.8. The molecule has 2 aliphatic carbocycles. The molecule has 2 saturated carbocycles. The third-order valence-corrected chi connectivity index (χ3v) is 7.18. The molecule has 7 heteroatoms. The van der Waals surface area contributed by atoms with Crippen LogP contribution in [0.25, 0.3) is 0 Å². The van der Waals surface area contributed by atoms with Crippen molar-refractivity contribution >= 4 is 17.5 Å². The van der Waals surface area contributed by atoms with Crippen LogP contribution < -0.4 is 9.64 Å². The number of hydrogen-bond acceptors (Lipinski definition) is 4. The van der Waals surface area contributed by atoms with Gasteiger partial charge in [-0.2, -0.15) is 5.10 Å². The fraction of sp³-hybridized carbons (Fsp3) is 0.560. The number of nitrogens with zero attached hydrogens (tertiary/aromatic N) is 4. The monoisotopic (exact) mass is 436 g/mol. The summed E-state index contributed by atoms with van der Waals surface area (Å²) in [5.41, 5.74) is 3.03. The van der Waals surface area contributed by atoms with E-state index in [1.807, 2.05) is 40.9 Å². The van der Waals surface area contributed by atoms with Gasteiger partial charge in [0.05, 0.1) is 25.3 Å². The molecule has 32 heavy (non-hydrogen) atoms.